The molecule has 4 unspecified atom stereocenters. The van der Waals surface area contributed by atoms with Crippen LogP contribution in [0.1, 0.15) is 111 Å². The summed E-state index contributed by atoms with van der Waals surface area (Å²) < 4.78 is 11.6. The van der Waals surface area contributed by atoms with E-state index in [9.17, 15) is 15.0 Å². The van der Waals surface area contributed by atoms with Gasteiger partial charge in [-0.1, -0.05) is 90.9 Å². The van der Waals surface area contributed by atoms with E-state index < -0.39 is 12.2 Å². The van der Waals surface area contributed by atoms with Gasteiger partial charge in [0.15, 0.2) is 0 Å². The Bertz CT molecular complexity index is 537. The van der Waals surface area contributed by atoms with Crippen LogP contribution in [0.15, 0.2) is 0 Å². The molecule has 0 aliphatic carbocycles. The molecule has 0 aromatic rings. The molecule has 0 radical (unpaired) electrons. The van der Waals surface area contributed by atoms with Crippen LogP contribution in [0.25, 0.3) is 0 Å². The molecule has 0 aromatic heterocycles. The van der Waals surface area contributed by atoms with E-state index in [1.807, 2.05) is 28.2 Å². The van der Waals surface area contributed by atoms with Gasteiger partial charge in [0, 0.05) is 32.1 Å². The van der Waals surface area contributed by atoms with Gasteiger partial charge in [0.2, 0.25) is 5.91 Å². The van der Waals surface area contributed by atoms with Gasteiger partial charge in [0.1, 0.15) is 0 Å². The number of hydrogen-bond donors (Lipinski definition) is 2. The maximum atomic E-state index is 12.1. The first-order valence-electron chi connectivity index (χ1n) is 16.3. The lowest BCUT2D eigenvalue weighted by atomic mass is 10.0. The molecule has 0 saturated heterocycles. The Morgan fingerprint density at radius 1 is 0.625 bits per heavy atom. The minimum atomic E-state index is -0.553. The molecular weight excluding hydrogens is 506 g/mol. The van der Waals surface area contributed by atoms with Gasteiger partial charge in [-0.05, 0) is 41.0 Å². The third-order valence-electron chi connectivity index (χ3n) is 7.96. The van der Waals surface area contributed by atoms with Gasteiger partial charge in [0.25, 0.3) is 0 Å². The molecule has 0 rings (SSSR count). The normalized spacial score (nSPS) is 15.0. The number of rotatable bonds is 28. The number of unbranched alkanes of at least 4 members (excludes halogenated alkanes) is 10. The van der Waals surface area contributed by atoms with Gasteiger partial charge in [-0.3, -0.25) is 4.79 Å². The highest BCUT2D eigenvalue weighted by Crippen LogP contribution is 2.15. The fraction of sp³-hybridized carbons (Fsp3) is 0.969. The Hall–Kier alpha value is -0.770. The molecule has 0 aliphatic rings. The van der Waals surface area contributed by atoms with Crippen LogP contribution in [0.4, 0.5) is 0 Å². The number of carbonyl (C=O) groups is 1. The number of ether oxygens (including phenoxy) is 2. The van der Waals surface area contributed by atoms with Crippen LogP contribution < -0.4 is 0 Å². The van der Waals surface area contributed by atoms with E-state index in [4.69, 9.17) is 9.47 Å². The monoisotopic (exact) mass is 574 g/mol. The molecule has 2 N–H and O–H groups in total. The summed E-state index contributed by atoms with van der Waals surface area (Å²) in [7, 11) is 8.03. The second-order valence-electron chi connectivity index (χ2n) is 12.0. The van der Waals surface area contributed by atoms with Crippen molar-refractivity contribution >= 4 is 5.91 Å². The van der Waals surface area contributed by atoms with Crippen molar-refractivity contribution in [3.63, 3.8) is 0 Å². The fourth-order valence-corrected chi connectivity index (χ4v) is 5.26. The molecule has 0 aromatic carbocycles. The number of nitrogens with zero attached hydrogens (tertiary/aromatic N) is 3. The van der Waals surface area contributed by atoms with Gasteiger partial charge >= 0.3 is 0 Å². The van der Waals surface area contributed by atoms with E-state index in [0.29, 0.717) is 26.3 Å². The van der Waals surface area contributed by atoms with Crippen molar-refractivity contribution in [3.8, 4) is 0 Å². The summed E-state index contributed by atoms with van der Waals surface area (Å²) in [6.45, 7) is 8.19. The zero-order valence-electron chi connectivity index (χ0n) is 27.4. The van der Waals surface area contributed by atoms with Gasteiger partial charge in [-0.2, -0.15) is 0 Å². The van der Waals surface area contributed by atoms with Crippen molar-refractivity contribution in [2.45, 2.75) is 135 Å². The highest BCUT2D eigenvalue weighted by molar-refractivity contribution is 5.73. The van der Waals surface area contributed by atoms with Crippen LogP contribution in [0.5, 0.6) is 0 Å². The maximum Gasteiger partial charge on any atom is 0.219 e. The zero-order chi connectivity index (χ0) is 30.2. The summed E-state index contributed by atoms with van der Waals surface area (Å²) in [5.74, 6) is -0.0308. The molecular formula is C32H67N3O5. The molecule has 0 heterocycles. The van der Waals surface area contributed by atoms with Gasteiger partial charge in [-0.25, -0.2) is 0 Å². The molecule has 0 spiro atoms. The molecule has 8 heteroatoms. The van der Waals surface area contributed by atoms with E-state index in [0.717, 1.165) is 25.7 Å². The SMILES string of the molecule is CCCCCCCCC(C(O)COCCN(CCOCC(O)C(CCCCCCCC)N(C)C)C(C)=O)N(C)C. The van der Waals surface area contributed by atoms with Gasteiger partial charge in [-0.15, -0.1) is 0 Å². The molecule has 4 atom stereocenters. The number of hydrogen-bond acceptors (Lipinski definition) is 7. The number of amides is 1. The number of likely N-dealkylation sites (N-methyl/N-ethyl adjacent to an activating group) is 2. The lowest BCUT2D eigenvalue weighted by Gasteiger charge is -2.30. The molecule has 0 saturated carbocycles. The second-order valence-corrected chi connectivity index (χ2v) is 12.0. The number of aliphatic hydroxyl groups is 2. The van der Waals surface area contributed by atoms with E-state index in [2.05, 4.69) is 23.6 Å². The summed E-state index contributed by atoms with van der Waals surface area (Å²) in [6.07, 6.45) is 15.7. The Balaban J connectivity index is 4.30. The fourth-order valence-electron chi connectivity index (χ4n) is 5.26. The van der Waals surface area contributed by atoms with Crippen LogP contribution in [0.3, 0.4) is 0 Å². The van der Waals surface area contributed by atoms with Crippen LogP contribution in [0.2, 0.25) is 0 Å². The molecule has 1 amide bonds. The predicted octanol–water partition coefficient (Wildman–Crippen LogP) is 4.95. The summed E-state index contributed by atoms with van der Waals surface area (Å²) >= 11 is 0. The standard InChI is InChI=1S/C32H67N3O5/c1-8-10-12-14-16-18-20-29(33(4)5)31(37)26-39-24-22-35(28(3)36)23-25-40-27-32(38)30(34(6)7)21-19-17-15-13-11-9-2/h29-32,37-38H,8-27H2,1-7H3. The second kappa shape index (κ2) is 25.9. The maximum absolute atomic E-state index is 12.1. The van der Waals surface area contributed by atoms with Gasteiger partial charge < -0.3 is 34.4 Å². The van der Waals surface area contributed by atoms with Crippen LogP contribution >= 0.6 is 0 Å². The number of carbonyl (C=O) groups excluding carboxylic acids is 1. The number of aliphatic hydroxyl groups excluding tert-OH is 2. The first kappa shape index (κ1) is 39.2. The lowest BCUT2D eigenvalue weighted by Crippen LogP contribution is -2.43. The summed E-state index contributed by atoms with van der Waals surface area (Å²) in [5.41, 5.74) is 0. The van der Waals surface area contributed by atoms with Gasteiger partial charge in [0.05, 0.1) is 38.6 Å². The van der Waals surface area contributed by atoms with Crippen molar-refractivity contribution in [1.29, 1.82) is 0 Å². The van der Waals surface area contributed by atoms with E-state index in [1.165, 1.54) is 64.2 Å². The highest BCUT2D eigenvalue weighted by atomic mass is 16.5. The first-order chi connectivity index (χ1) is 19.1. The van der Waals surface area contributed by atoms with E-state index in [1.54, 1.807) is 11.8 Å². The summed E-state index contributed by atoms with van der Waals surface area (Å²) in [5, 5.41) is 21.4. The zero-order valence-corrected chi connectivity index (χ0v) is 27.4. The minimum absolute atomic E-state index is 0.0308. The third-order valence-corrected chi connectivity index (χ3v) is 7.96. The Kier molecular flexibility index (Phi) is 25.4. The van der Waals surface area contributed by atoms with E-state index >= 15 is 0 Å². The summed E-state index contributed by atoms with van der Waals surface area (Å²) in [4.78, 5) is 18.0. The van der Waals surface area contributed by atoms with Crippen molar-refractivity contribution in [1.82, 2.24) is 14.7 Å². The van der Waals surface area contributed by atoms with Crippen molar-refractivity contribution in [2.24, 2.45) is 0 Å². The van der Waals surface area contributed by atoms with E-state index in [-0.39, 0.29) is 31.2 Å². The van der Waals surface area contributed by atoms with Crippen LogP contribution in [-0.4, -0.2) is 123 Å². The average Bonchev–Trinajstić information content (AvgIpc) is 2.90. The molecule has 8 nitrogen and oxygen atoms in total. The Morgan fingerprint density at radius 3 is 1.30 bits per heavy atom. The molecule has 0 fully saturated rings. The molecule has 240 valence electrons. The third kappa shape index (κ3) is 20.2. The van der Waals surface area contributed by atoms with Crippen LogP contribution in [-0.2, 0) is 14.3 Å². The largest absolute Gasteiger partial charge is 0.389 e. The minimum Gasteiger partial charge on any atom is -0.389 e. The van der Waals surface area contributed by atoms with Crippen molar-refractivity contribution < 1.29 is 24.5 Å². The Morgan fingerprint density at radius 2 is 0.975 bits per heavy atom. The highest BCUT2D eigenvalue weighted by Gasteiger charge is 2.22. The Labute approximate surface area is 247 Å². The first-order valence-corrected chi connectivity index (χ1v) is 16.3. The average molecular weight is 574 g/mol. The topological polar surface area (TPSA) is 85.7 Å². The van der Waals surface area contributed by atoms with Crippen molar-refractivity contribution in [3.05, 3.63) is 0 Å². The quantitative estimate of drug-likeness (QED) is 0.128. The summed E-state index contributed by atoms with van der Waals surface area (Å²) in [6, 6.07) is 0.143. The predicted molar refractivity (Wildman–Crippen MR) is 167 cm³/mol. The lowest BCUT2D eigenvalue weighted by molar-refractivity contribution is -0.130. The molecule has 40 heavy (non-hydrogen) atoms. The van der Waals surface area contributed by atoms with Crippen LogP contribution in [0, 0.1) is 0 Å². The molecule has 0 aliphatic heterocycles. The molecule has 0 bridgehead atoms. The smallest absolute Gasteiger partial charge is 0.219 e. The van der Waals surface area contributed by atoms with Crippen molar-refractivity contribution in [2.75, 3.05) is 67.7 Å².